The van der Waals surface area contributed by atoms with Gasteiger partial charge in [0.25, 0.3) is 0 Å². The Kier molecular flexibility index (Phi) is 7.53. The van der Waals surface area contributed by atoms with Crippen LogP contribution in [0.4, 0.5) is 0 Å². The smallest absolute Gasteiger partial charge is 0.106 e. The van der Waals surface area contributed by atoms with Gasteiger partial charge in [0.2, 0.25) is 0 Å². The average Bonchev–Trinajstić information content (AvgIpc) is 3.51. The molecule has 8 nitrogen and oxygen atoms in total. The van der Waals surface area contributed by atoms with Gasteiger partial charge in [0.15, 0.2) is 0 Å². The predicted octanol–water partition coefficient (Wildman–Crippen LogP) is 0.733. The molecule has 0 aromatic heterocycles. The van der Waals surface area contributed by atoms with E-state index in [1.165, 1.54) is 153 Å². The third kappa shape index (κ3) is 5.28. The first kappa shape index (κ1) is 27.7. The van der Waals surface area contributed by atoms with Crippen LogP contribution in [0.15, 0.2) is 0 Å². The molecule has 0 bridgehead atoms. The van der Waals surface area contributed by atoms with Gasteiger partial charge in [0, 0.05) is 114 Å². The molecule has 0 N–H and O–H groups in total. The number of likely N-dealkylation sites (N-methyl/N-ethyl adjacent to an activating group) is 4. The quantitative estimate of drug-likeness (QED) is 0.510. The SMILES string of the molecule is CN1CCN(Cc2c3c(c(CN4CCN(C)CC4)c4c2C[N+]2(CCN(C)CC2)C4)C[N+]2(CCN(C)CC2)C3)CC1. The van der Waals surface area contributed by atoms with E-state index < -0.39 is 0 Å². The van der Waals surface area contributed by atoms with Crippen molar-refractivity contribution in [3.05, 3.63) is 33.4 Å². The van der Waals surface area contributed by atoms with E-state index in [0.29, 0.717) is 0 Å². The molecule has 222 valence electrons. The van der Waals surface area contributed by atoms with E-state index in [2.05, 4.69) is 57.6 Å². The highest BCUT2D eigenvalue weighted by Crippen LogP contribution is 2.45. The van der Waals surface area contributed by atoms with Crippen molar-refractivity contribution in [3.63, 3.8) is 0 Å². The zero-order valence-electron chi connectivity index (χ0n) is 26.1. The summed E-state index contributed by atoms with van der Waals surface area (Å²) in [5.41, 5.74) is 10.8. The van der Waals surface area contributed by atoms with Crippen molar-refractivity contribution in [1.82, 2.24) is 29.4 Å². The summed E-state index contributed by atoms with van der Waals surface area (Å²) in [4.78, 5) is 15.7. The van der Waals surface area contributed by atoms with Crippen LogP contribution in [0, 0.1) is 0 Å². The summed E-state index contributed by atoms with van der Waals surface area (Å²) >= 11 is 0. The molecule has 0 saturated carbocycles. The van der Waals surface area contributed by atoms with Crippen LogP contribution in [0.1, 0.15) is 33.4 Å². The highest BCUT2D eigenvalue weighted by molar-refractivity contribution is 5.54. The second-order valence-electron chi connectivity index (χ2n) is 14.8. The molecule has 4 saturated heterocycles. The minimum absolute atomic E-state index is 1.19. The molecule has 4 fully saturated rings. The molecule has 0 unspecified atom stereocenters. The summed E-state index contributed by atoms with van der Waals surface area (Å²) in [5.74, 6) is 0. The van der Waals surface area contributed by atoms with Gasteiger partial charge in [0.1, 0.15) is 26.2 Å². The molecule has 6 aliphatic rings. The van der Waals surface area contributed by atoms with Crippen molar-refractivity contribution in [2.24, 2.45) is 0 Å². The van der Waals surface area contributed by atoms with E-state index in [-0.39, 0.29) is 0 Å². The maximum Gasteiger partial charge on any atom is 0.106 e. The molecule has 1 aromatic rings. The van der Waals surface area contributed by atoms with E-state index >= 15 is 0 Å². The van der Waals surface area contributed by atoms with Crippen molar-refractivity contribution in [3.8, 4) is 0 Å². The lowest BCUT2D eigenvalue weighted by atomic mass is 9.88. The molecule has 40 heavy (non-hydrogen) atoms. The number of nitrogens with zero attached hydrogens (tertiary/aromatic N) is 8. The predicted molar refractivity (Wildman–Crippen MR) is 162 cm³/mol. The summed E-state index contributed by atoms with van der Waals surface area (Å²) in [6.07, 6.45) is 0. The third-order valence-corrected chi connectivity index (χ3v) is 11.9. The average molecular weight is 553 g/mol. The Labute approximate surface area is 243 Å². The van der Waals surface area contributed by atoms with Crippen molar-refractivity contribution in [2.45, 2.75) is 39.3 Å². The maximum atomic E-state index is 2.80. The number of quaternary nitrogens is 2. The van der Waals surface area contributed by atoms with Gasteiger partial charge >= 0.3 is 0 Å². The fourth-order valence-corrected chi connectivity index (χ4v) is 8.76. The Morgan fingerprint density at radius 1 is 0.400 bits per heavy atom. The molecule has 6 heterocycles. The van der Waals surface area contributed by atoms with E-state index in [4.69, 9.17) is 0 Å². The first-order chi connectivity index (χ1) is 19.3. The monoisotopic (exact) mass is 552 g/mol. The van der Waals surface area contributed by atoms with Crippen LogP contribution < -0.4 is 0 Å². The number of piperazine rings is 4. The van der Waals surface area contributed by atoms with Crippen LogP contribution in [0.25, 0.3) is 0 Å². The van der Waals surface area contributed by atoms with Gasteiger partial charge in [-0.2, -0.15) is 0 Å². The van der Waals surface area contributed by atoms with Crippen molar-refractivity contribution in [1.29, 1.82) is 0 Å². The standard InChI is InChI=1S/C32H56N8/c1-33-5-9-37(10-6-33)21-27-29-23-39(17-13-35(3)14-18-39)25-31(29)28(22-38-11-7-34(2)8-12-38)32-26-40(24-30(27)32)19-15-36(4)16-20-40/h5-26H2,1-4H3/q+2. The summed E-state index contributed by atoms with van der Waals surface area (Å²) in [6, 6.07) is 0. The summed E-state index contributed by atoms with van der Waals surface area (Å²) in [7, 11) is 9.24. The first-order valence-corrected chi connectivity index (χ1v) is 16.4. The second kappa shape index (κ2) is 10.9. The highest BCUT2D eigenvalue weighted by atomic mass is 15.4. The van der Waals surface area contributed by atoms with E-state index in [0.717, 1.165) is 0 Å². The van der Waals surface area contributed by atoms with E-state index in [1.54, 1.807) is 33.4 Å². The second-order valence-corrected chi connectivity index (χ2v) is 14.8. The number of fused-ring (bicyclic) bond motifs is 2. The van der Waals surface area contributed by atoms with Gasteiger partial charge in [0.05, 0.1) is 26.2 Å². The molecular formula is C32H56N8+2. The topological polar surface area (TPSA) is 19.4 Å². The Bertz CT molecular complexity index is 945. The number of rotatable bonds is 4. The third-order valence-electron chi connectivity index (χ3n) is 11.9. The lowest BCUT2D eigenvalue weighted by Gasteiger charge is -2.41. The Balaban J connectivity index is 1.29. The molecule has 2 spiro atoms. The zero-order chi connectivity index (χ0) is 27.5. The van der Waals surface area contributed by atoms with Gasteiger partial charge in [-0.25, -0.2) is 0 Å². The molecule has 7 rings (SSSR count). The molecule has 8 heteroatoms. The Hall–Kier alpha value is -1.10. The molecule has 6 aliphatic heterocycles. The lowest BCUT2D eigenvalue weighted by molar-refractivity contribution is -0.951. The van der Waals surface area contributed by atoms with E-state index in [1.807, 2.05) is 0 Å². The molecule has 0 atom stereocenters. The van der Waals surface area contributed by atoms with Crippen LogP contribution in [0.2, 0.25) is 0 Å². The van der Waals surface area contributed by atoms with Crippen LogP contribution in [-0.4, -0.2) is 171 Å². The van der Waals surface area contributed by atoms with Gasteiger partial charge in [-0.15, -0.1) is 0 Å². The van der Waals surface area contributed by atoms with Crippen molar-refractivity contribution in [2.75, 3.05) is 133 Å². The normalized spacial score (nSPS) is 28.5. The lowest BCUT2D eigenvalue weighted by Crippen LogP contribution is -2.56. The molecule has 0 radical (unpaired) electrons. The van der Waals surface area contributed by atoms with Crippen LogP contribution in [0.3, 0.4) is 0 Å². The van der Waals surface area contributed by atoms with Crippen LogP contribution in [0.5, 0.6) is 0 Å². The van der Waals surface area contributed by atoms with Crippen molar-refractivity contribution < 1.29 is 8.97 Å². The van der Waals surface area contributed by atoms with Gasteiger partial charge < -0.3 is 18.8 Å². The van der Waals surface area contributed by atoms with Gasteiger partial charge in [-0.3, -0.25) is 19.6 Å². The number of hydrogen-bond acceptors (Lipinski definition) is 6. The molecule has 1 aromatic carbocycles. The maximum absolute atomic E-state index is 2.80. The first-order valence-electron chi connectivity index (χ1n) is 16.4. The fraction of sp³-hybridized carbons (Fsp3) is 0.812. The number of hydrogen-bond donors (Lipinski definition) is 0. The van der Waals surface area contributed by atoms with Crippen LogP contribution in [-0.2, 0) is 39.3 Å². The largest absolute Gasteiger partial charge is 0.314 e. The minimum atomic E-state index is 1.19. The Morgan fingerprint density at radius 3 is 0.975 bits per heavy atom. The fourth-order valence-electron chi connectivity index (χ4n) is 8.76. The number of benzene rings is 1. The minimum Gasteiger partial charge on any atom is -0.314 e. The summed E-state index contributed by atoms with van der Waals surface area (Å²) in [6.45, 7) is 27.6. The van der Waals surface area contributed by atoms with E-state index in [9.17, 15) is 0 Å². The van der Waals surface area contributed by atoms with Crippen molar-refractivity contribution >= 4 is 0 Å². The highest BCUT2D eigenvalue weighted by Gasteiger charge is 2.47. The molecular weight excluding hydrogens is 496 g/mol. The van der Waals surface area contributed by atoms with Gasteiger partial charge in [-0.1, -0.05) is 0 Å². The van der Waals surface area contributed by atoms with Crippen LogP contribution >= 0.6 is 0 Å². The molecule has 0 aliphatic carbocycles. The Morgan fingerprint density at radius 2 is 0.675 bits per heavy atom. The molecule has 0 amide bonds. The zero-order valence-corrected chi connectivity index (χ0v) is 26.1. The summed E-state index contributed by atoms with van der Waals surface area (Å²) < 4.78 is 2.64. The van der Waals surface area contributed by atoms with Gasteiger partial charge in [-0.05, 0) is 39.3 Å². The summed E-state index contributed by atoms with van der Waals surface area (Å²) in [5, 5.41) is 0.